The van der Waals surface area contributed by atoms with Gasteiger partial charge in [0.15, 0.2) is 16.1 Å². The van der Waals surface area contributed by atoms with Crippen molar-refractivity contribution in [2.75, 3.05) is 18.5 Å². The van der Waals surface area contributed by atoms with Gasteiger partial charge in [0.05, 0.1) is 23.0 Å². The average Bonchev–Trinajstić information content (AvgIpc) is 3.39. The minimum atomic E-state index is -1.30. The van der Waals surface area contributed by atoms with Crippen LogP contribution in [0.25, 0.3) is 0 Å². The number of hydrogen-bond acceptors (Lipinski definition) is 8. The highest BCUT2D eigenvalue weighted by molar-refractivity contribution is 7.13. The lowest BCUT2D eigenvalue weighted by molar-refractivity contribution is -0.160. The quantitative estimate of drug-likeness (QED) is 0.340. The molecule has 0 radical (unpaired) electrons. The van der Waals surface area contributed by atoms with Gasteiger partial charge in [-0.25, -0.2) is 4.98 Å². The Bertz CT molecular complexity index is 982. The zero-order valence-electron chi connectivity index (χ0n) is 17.5. The molecule has 7 nitrogen and oxygen atoms in total. The number of thiazole rings is 1. The lowest BCUT2D eigenvalue weighted by Crippen LogP contribution is -2.32. The van der Waals surface area contributed by atoms with Crippen LogP contribution in [0.2, 0.25) is 5.02 Å². The van der Waals surface area contributed by atoms with E-state index in [-0.39, 0.29) is 12.8 Å². The van der Waals surface area contributed by atoms with Crippen LogP contribution in [0.4, 0.5) is 10.8 Å². The van der Waals surface area contributed by atoms with Crippen LogP contribution in [0.3, 0.4) is 0 Å². The smallest absolute Gasteiger partial charge is 0.324 e. The molecule has 1 spiro atoms. The third kappa shape index (κ3) is 4.29. The molecule has 4 rings (SSSR count). The Labute approximate surface area is 190 Å². The second-order valence-electron chi connectivity index (χ2n) is 8.18. The van der Waals surface area contributed by atoms with Crippen molar-refractivity contribution in [3.8, 4) is 0 Å². The van der Waals surface area contributed by atoms with Gasteiger partial charge < -0.3 is 19.5 Å². The van der Waals surface area contributed by atoms with E-state index in [0.717, 1.165) is 18.5 Å². The molecule has 1 N–H and O–H groups in total. The minimum absolute atomic E-state index is 0.193. The summed E-state index contributed by atoms with van der Waals surface area (Å²) in [7, 11) is 0. The van der Waals surface area contributed by atoms with Crippen molar-refractivity contribution in [3.05, 3.63) is 40.4 Å². The summed E-state index contributed by atoms with van der Waals surface area (Å²) in [6.45, 7) is 4.77. The summed E-state index contributed by atoms with van der Waals surface area (Å²) in [5.41, 5.74) is -0.980. The summed E-state index contributed by atoms with van der Waals surface area (Å²) in [6.07, 6.45) is 1.99. The predicted molar refractivity (Wildman–Crippen MR) is 118 cm³/mol. The van der Waals surface area contributed by atoms with Crippen molar-refractivity contribution in [1.29, 1.82) is 0 Å². The fourth-order valence-electron chi connectivity index (χ4n) is 4.02. The van der Waals surface area contributed by atoms with E-state index in [1.54, 1.807) is 13.0 Å². The molecule has 31 heavy (non-hydrogen) atoms. The van der Waals surface area contributed by atoms with Gasteiger partial charge in [-0.1, -0.05) is 37.1 Å². The van der Waals surface area contributed by atoms with Crippen molar-refractivity contribution in [2.24, 2.45) is 5.41 Å². The average molecular weight is 465 g/mol. The zero-order chi connectivity index (χ0) is 22.1. The second kappa shape index (κ2) is 8.76. The number of unbranched alkanes of at least 4 members (excludes halogenated alkanes) is 1. The first-order valence-electron chi connectivity index (χ1n) is 10.4. The number of esters is 2. The maximum Gasteiger partial charge on any atom is 0.324 e. The van der Waals surface area contributed by atoms with Gasteiger partial charge in [0.2, 0.25) is 0 Å². The molecule has 0 saturated carbocycles. The minimum Gasteiger partial charge on any atom is -0.459 e. The lowest BCUT2D eigenvalue weighted by atomic mass is 9.78. The SMILES string of the molecule is CCCCOC[C@H]1C[C@@]2(C[C@@](C)(c3csc(Nc4ccccc4Cl)n3)OC2=O)C(=O)O1. The molecular weight excluding hydrogens is 440 g/mol. The molecule has 0 bridgehead atoms. The molecule has 9 heteroatoms. The van der Waals surface area contributed by atoms with Crippen molar-refractivity contribution in [3.63, 3.8) is 0 Å². The normalized spacial score (nSPS) is 27.5. The van der Waals surface area contributed by atoms with Crippen molar-refractivity contribution < 1.29 is 23.8 Å². The number of benzene rings is 1. The molecule has 1 aromatic carbocycles. The van der Waals surface area contributed by atoms with Gasteiger partial charge in [-0.2, -0.15) is 0 Å². The Morgan fingerprint density at radius 2 is 2.13 bits per heavy atom. The highest BCUT2D eigenvalue weighted by Crippen LogP contribution is 2.52. The van der Waals surface area contributed by atoms with E-state index in [1.807, 2.05) is 23.6 Å². The van der Waals surface area contributed by atoms with Crippen LogP contribution in [0.5, 0.6) is 0 Å². The molecule has 2 aromatic rings. The van der Waals surface area contributed by atoms with Crippen LogP contribution in [-0.2, 0) is 29.4 Å². The van der Waals surface area contributed by atoms with Gasteiger partial charge in [-0.15, -0.1) is 11.3 Å². The number of cyclic esters (lactones) is 2. The number of nitrogens with one attached hydrogen (secondary N) is 1. The molecule has 2 saturated heterocycles. The zero-order valence-corrected chi connectivity index (χ0v) is 19.1. The van der Waals surface area contributed by atoms with Gasteiger partial charge in [-0.3, -0.25) is 9.59 Å². The second-order valence-corrected chi connectivity index (χ2v) is 9.45. The number of carbonyl (C=O) groups is 2. The van der Waals surface area contributed by atoms with Crippen molar-refractivity contribution in [1.82, 2.24) is 4.98 Å². The molecule has 0 amide bonds. The maximum absolute atomic E-state index is 12.8. The van der Waals surface area contributed by atoms with E-state index in [4.69, 9.17) is 25.8 Å². The number of nitrogens with zero attached hydrogens (tertiary/aromatic N) is 1. The number of ether oxygens (including phenoxy) is 3. The van der Waals surface area contributed by atoms with Crippen LogP contribution in [0.1, 0.15) is 45.2 Å². The summed E-state index contributed by atoms with van der Waals surface area (Å²) < 4.78 is 16.8. The highest BCUT2D eigenvalue weighted by atomic mass is 35.5. The first-order chi connectivity index (χ1) is 14.9. The predicted octanol–water partition coefficient (Wildman–Crippen LogP) is 4.82. The molecular formula is C22H25ClN2O5S. The van der Waals surface area contributed by atoms with E-state index < -0.39 is 29.1 Å². The van der Waals surface area contributed by atoms with E-state index >= 15 is 0 Å². The third-order valence-electron chi connectivity index (χ3n) is 5.70. The number of rotatable bonds is 8. The van der Waals surface area contributed by atoms with Crippen LogP contribution in [0, 0.1) is 5.41 Å². The van der Waals surface area contributed by atoms with E-state index in [9.17, 15) is 9.59 Å². The Balaban J connectivity index is 1.46. The maximum atomic E-state index is 12.8. The summed E-state index contributed by atoms with van der Waals surface area (Å²) in [5, 5.41) is 6.22. The Kier molecular flexibility index (Phi) is 6.23. The first-order valence-corrected chi connectivity index (χ1v) is 11.6. The molecule has 2 aliphatic rings. The number of para-hydroxylation sites is 1. The van der Waals surface area contributed by atoms with E-state index in [1.165, 1.54) is 11.3 Å². The first kappa shape index (κ1) is 22.0. The van der Waals surface area contributed by atoms with E-state index in [0.29, 0.717) is 29.1 Å². The molecule has 2 fully saturated rings. The summed E-state index contributed by atoms with van der Waals surface area (Å²) >= 11 is 7.58. The van der Waals surface area contributed by atoms with Gasteiger partial charge >= 0.3 is 11.9 Å². The van der Waals surface area contributed by atoms with Crippen LogP contribution >= 0.6 is 22.9 Å². The molecule has 166 valence electrons. The van der Waals surface area contributed by atoms with Gasteiger partial charge in [0.25, 0.3) is 0 Å². The van der Waals surface area contributed by atoms with E-state index in [2.05, 4.69) is 17.2 Å². The van der Waals surface area contributed by atoms with Gasteiger partial charge in [0.1, 0.15) is 6.10 Å². The largest absolute Gasteiger partial charge is 0.459 e. The third-order valence-corrected chi connectivity index (χ3v) is 6.78. The molecule has 0 unspecified atom stereocenters. The summed E-state index contributed by atoms with van der Waals surface area (Å²) in [5.74, 6) is -1.08. The fourth-order valence-corrected chi connectivity index (χ4v) is 5.05. The molecule has 2 aliphatic heterocycles. The Morgan fingerprint density at radius 3 is 2.90 bits per heavy atom. The Hall–Kier alpha value is -2.16. The number of halogens is 1. The molecule has 1 aromatic heterocycles. The highest BCUT2D eigenvalue weighted by Gasteiger charge is 2.65. The van der Waals surface area contributed by atoms with Crippen LogP contribution < -0.4 is 5.32 Å². The number of hydrogen-bond donors (Lipinski definition) is 1. The van der Waals surface area contributed by atoms with Gasteiger partial charge in [-0.05, 0) is 25.5 Å². The summed E-state index contributed by atoms with van der Waals surface area (Å²) in [4.78, 5) is 30.1. The summed E-state index contributed by atoms with van der Waals surface area (Å²) in [6, 6.07) is 7.37. The molecule has 3 atom stereocenters. The number of anilines is 2. The van der Waals surface area contributed by atoms with Gasteiger partial charge in [0, 0.05) is 24.8 Å². The lowest BCUT2D eigenvalue weighted by Gasteiger charge is -2.20. The van der Waals surface area contributed by atoms with Crippen molar-refractivity contribution >= 4 is 45.7 Å². The molecule has 3 heterocycles. The molecule has 0 aliphatic carbocycles. The van der Waals surface area contributed by atoms with Crippen LogP contribution in [-0.4, -0.2) is 36.2 Å². The standard InChI is InChI=1S/C22H25ClN2O5S/c1-3-4-9-28-11-14-10-22(18(26)29-14)13-21(2,30-19(22)27)17-12-31-20(25-17)24-16-8-6-5-7-15(16)23/h5-8,12,14H,3-4,9-11,13H2,1-2H3,(H,24,25)/t14-,21+,22-/m1/s1. The topological polar surface area (TPSA) is 86.8 Å². The van der Waals surface area contributed by atoms with Crippen LogP contribution in [0.15, 0.2) is 29.6 Å². The number of carbonyl (C=O) groups excluding carboxylic acids is 2. The number of aromatic nitrogens is 1. The Morgan fingerprint density at radius 1 is 1.32 bits per heavy atom. The monoisotopic (exact) mass is 464 g/mol. The van der Waals surface area contributed by atoms with Crippen molar-refractivity contribution in [2.45, 2.75) is 51.2 Å². The fraction of sp³-hybridized carbons (Fsp3) is 0.500.